The quantitative estimate of drug-likeness (QED) is 0.833. The van der Waals surface area contributed by atoms with E-state index in [0.717, 1.165) is 24.4 Å². The van der Waals surface area contributed by atoms with Crippen LogP contribution in [-0.4, -0.2) is 15.5 Å². The van der Waals surface area contributed by atoms with Crippen molar-refractivity contribution in [3.63, 3.8) is 0 Å². The molecule has 5 nitrogen and oxygen atoms in total. The number of aryl methyl sites for hydroxylation is 2. The van der Waals surface area contributed by atoms with Gasteiger partial charge in [-0.2, -0.15) is 0 Å². The number of hydrogen-bond donors (Lipinski definition) is 2. The van der Waals surface area contributed by atoms with Crippen LogP contribution in [0.15, 0.2) is 24.5 Å². The van der Waals surface area contributed by atoms with E-state index in [4.69, 9.17) is 17.3 Å². The summed E-state index contributed by atoms with van der Waals surface area (Å²) < 4.78 is 2.06. The van der Waals surface area contributed by atoms with E-state index in [9.17, 15) is 4.79 Å². The second-order valence-electron chi connectivity index (χ2n) is 5.00. The van der Waals surface area contributed by atoms with Crippen molar-refractivity contribution in [2.24, 2.45) is 0 Å². The van der Waals surface area contributed by atoms with Gasteiger partial charge >= 0.3 is 0 Å². The number of carbonyl (C=O) groups is 1. The van der Waals surface area contributed by atoms with Gasteiger partial charge in [0.2, 0.25) is 5.91 Å². The molecule has 1 aromatic heterocycles. The first-order chi connectivity index (χ1) is 9.97. The van der Waals surface area contributed by atoms with Gasteiger partial charge in [0.1, 0.15) is 0 Å². The molecule has 0 fully saturated rings. The van der Waals surface area contributed by atoms with E-state index in [1.807, 2.05) is 20.2 Å². The Labute approximate surface area is 129 Å². The number of benzene rings is 1. The first kappa shape index (κ1) is 15.4. The fraction of sp³-hybridized carbons (Fsp3) is 0.333. The van der Waals surface area contributed by atoms with Crippen LogP contribution in [-0.2, 0) is 11.3 Å². The summed E-state index contributed by atoms with van der Waals surface area (Å²) >= 11 is 5.84. The summed E-state index contributed by atoms with van der Waals surface area (Å²) in [4.78, 5) is 16.1. The lowest BCUT2D eigenvalue weighted by Crippen LogP contribution is -2.12. The number of nitrogens with zero attached hydrogens (tertiary/aromatic N) is 2. The first-order valence-corrected chi connectivity index (χ1v) is 7.18. The van der Waals surface area contributed by atoms with Gasteiger partial charge in [-0.3, -0.25) is 4.79 Å². The van der Waals surface area contributed by atoms with Gasteiger partial charge in [0.25, 0.3) is 0 Å². The van der Waals surface area contributed by atoms with E-state index in [0.29, 0.717) is 22.8 Å². The number of imidazole rings is 1. The van der Waals surface area contributed by atoms with Crippen LogP contribution >= 0.6 is 11.6 Å². The predicted molar refractivity (Wildman–Crippen MR) is 85.4 cm³/mol. The lowest BCUT2D eigenvalue weighted by Gasteiger charge is -2.08. The van der Waals surface area contributed by atoms with Crippen molar-refractivity contribution in [3.8, 4) is 0 Å². The van der Waals surface area contributed by atoms with E-state index in [1.165, 1.54) is 0 Å². The highest BCUT2D eigenvalue weighted by atomic mass is 35.5. The minimum Gasteiger partial charge on any atom is -0.397 e. The molecular weight excluding hydrogens is 288 g/mol. The maximum Gasteiger partial charge on any atom is 0.224 e. The van der Waals surface area contributed by atoms with Crippen molar-refractivity contribution in [1.82, 2.24) is 9.55 Å². The molecule has 3 N–H and O–H groups in total. The highest BCUT2D eigenvalue weighted by Crippen LogP contribution is 2.22. The molecule has 0 saturated carbocycles. The second kappa shape index (κ2) is 6.63. The summed E-state index contributed by atoms with van der Waals surface area (Å²) in [6.45, 7) is 4.78. The van der Waals surface area contributed by atoms with Crippen molar-refractivity contribution in [2.75, 3.05) is 11.1 Å². The molecule has 1 heterocycles. The molecule has 1 amide bonds. The molecule has 0 bridgehead atoms. The Morgan fingerprint density at radius 1 is 1.43 bits per heavy atom. The third kappa shape index (κ3) is 3.98. The standard InChI is InChI=1S/C15H19ClN4O/c1-10-11(2)20(9-18-10)7-3-4-15(21)19-12-5-6-13(16)14(17)8-12/h5-6,8-9H,3-4,7,17H2,1-2H3,(H,19,21). The third-order valence-electron chi connectivity index (χ3n) is 3.43. The zero-order chi connectivity index (χ0) is 15.4. The van der Waals surface area contributed by atoms with Crippen molar-refractivity contribution < 1.29 is 4.79 Å². The normalized spacial score (nSPS) is 10.6. The van der Waals surface area contributed by atoms with Crippen LogP contribution in [0.4, 0.5) is 11.4 Å². The molecule has 0 aliphatic rings. The number of nitrogens with two attached hydrogens (primary N) is 1. The Balaban J connectivity index is 1.82. The number of hydrogen-bond acceptors (Lipinski definition) is 3. The average molecular weight is 307 g/mol. The molecule has 0 aliphatic carbocycles. The molecule has 2 aromatic rings. The van der Waals surface area contributed by atoms with Gasteiger partial charge in [-0.15, -0.1) is 0 Å². The lowest BCUT2D eigenvalue weighted by molar-refractivity contribution is -0.116. The molecule has 0 saturated heterocycles. The number of nitrogen functional groups attached to an aromatic ring is 1. The molecular formula is C15H19ClN4O. The Morgan fingerprint density at radius 2 is 2.19 bits per heavy atom. The molecule has 1 aromatic carbocycles. The van der Waals surface area contributed by atoms with Gasteiger partial charge in [0.15, 0.2) is 0 Å². The highest BCUT2D eigenvalue weighted by molar-refractivity contribution is 6.33. The maximum atomic E-state index is 11.9. The van der Waals surface area contributed by atoms with Gasteiger partial charge in [-0.05, 0) is 38.5 Å². The number of rotatable bonds is 5. The van der Waals surface area contributed by atoms with Gasteiger partial charge < -0.3 is 15.6 Å². The zero-order valence-corrected chi connectivity index (χ0v) is 12.9. The molecule has 21 heavy (non-hydrogen) atoms. The van der Waals surface area contributed by atoms with E-state index in [2.05, 4.69) is 14.9 Å². The van der Waals surface area contributed by atoms with E-state index in [1.54, 1.807) is 18.2 Å². The zero-order valence-electron chi connectivity index (χ0n) is 12.2. The topological polar surface area (TPSA) is 72.9 Å². The van der Waals surface area contributed by atoms with Crippen LogP contribution in [0.5, 0.6) is 0 Å². The van der Waals surface area contributed by atoms with Crippen molar-refractivity contribution in [2.45, 2.75) is 33.2 Å². The van der Waals surface area contributed by atoms with Gasteiger partial charge in [0.05, 0.1) is 22.7 Å². The number of anilines is 2. The summed E-state index contributed by atoms with van der Waals surface area (Å²) in [6.07, 6.45) is 3.01. The van der Waals surface area contributed by atoms with Crippen molar-refractivity contribution in [1.29, 1.82) is 0 Å². The molecule has 112 valence electrons. The van der Waals surface area contributed by atoms with Crippen LogP contribution < -0.4 is 11.1 Å². The highest BCUT2D eigenvalue weighted by Gasteiger charge is 2.06. The van der Waals surface area contributed by atoms with Crippen molar-refractivity contribution >= 4 is 28.9 Å². The molecule has 0 radical (unpaired) electrons. The Bertz CT molecular complexity index is 651. The van der Waals surface area contributed by atoms with E-state index < -0.39 is 0 Å². The molecule has 2 rings (SSSR count). The monoisotopic (exact) mass is 306 g/mol. The minimum absolute atomic E-state index is 0.0359. The van der Waals surface area contributed by atoms with E-state index in [-0.39, 0.29) is 5.91 Å². The Hall–Kier alpha value is -2.01. The maximum absolute atomic E-state index is 11.9. The Kier molecular flexibility index (Phi) is 4.85. The molecule has 0 spiro atoms. The fourth-order valence-electron chi connectivity index (χ4n) is 2.02. The van der Waals surface area contributed by atoms with Gasteiger partial charge in [-0.25, -0.2) is 4.98 Å². The smallest absolute Gasteiger partial charge is 0.224 e. The number of carbonyl (C=O) groups excluding carboxylic acids is 1. The van der Waals surface area contributed by atoms with Crippen LogP contribution in [0.25, 0.3) is 0 Å². The average Bonchev–Trinajstić information content (AvgIpc) is 2.75. The van der Waals surface area contributed by atoms with E-state index >= 15 is 0 Å². The largest absolute Gasteiger partial charge is 0.397 e. The van der Waals surface area contributed by atoms with Crippen LogP contribution in [0.3, 0.4) is 0 Å². The van der Waals surface area contributed by atoms with Gasteiger partial charge in [0, 0.05) is 24.3 Å². The number of halogens is 1. The van der Waals surface area contributed by atoms with Gasteiger partial charge in [-0.1, -0.05) is 11.6 Å². The number of aromatic nitrogens is 2. The molecule has 0 atom stereocenters. The molecule has 0 unspecified atom stereocenters. The summed E-state index contributed by atoms with van der Waals surface area (Å²) in [5.74, 6) is -0.0359. The van der Waals surface area contributed by atoms with Crippen LogP contribution in [0.1, 0.15) is 24.2 Å². The first-order valence-electron chi connectivity index (χ1n) is 6.80. The molecule has 6 heteroatoms. The lowest BCUT2D eigenvalue weighted by atomic mass is 10.2. The third-order valence-corrected chi connectivity index (χ3v) is 3.77. The second-order valence-corrected chi connectivity index (χ2v) is 5.40. The predicted octanol–water partition coefficient (Wildman–Crippen LogP) is 3.15. The summed E-state index contributed by atoms with van der Waals surface area (Å²) in [5, 5.41) is 3.30. The Morgan fingerprint density at radius 3 is 2.81 bits per heavy atom. The summed E-state index contributed by atoms with van der Waals surface area (Å²) in [6, 6.07) is 5.06. The fourth-order valence-corrected chi connectivity index (χ4v) is 2.14. The number of nitrogens with one attached hydrogen (secondary N) is 1. The number of amides is 1. The SMILES string of the molecule is Cc1ncn(CCCC(=O)Nc2ccc(Cl)c(N)c2)c1C. The minimum atomic E-state index is -0.0359. The van der Waals surface area contributed by atoms with Crippen LogP contribution in [0, 0.1) is 13.8 Å². The summed E-state index contributed by atoms with van der Waals surface area (Å²) in [5.41, 5.74) is 8.98. The molecule has 0 aliphatic heterocycles. The van der Waals surface area contributed by atoms with Crippen LogP contribution in [0.2, 0.25) is 5.02 Å². The van der Waals surface area contributed by atoms with Crippen molar-refractivity contribution in [3.05, 3.63) is 40.9 Å². The summed E-state index contributed by atoms with van der Waals surface area (Å²) in [7, 11) is 0.